The molecule has 1 N–H and O–H groups in total. The van der Waals surface area contributed by atoms with Crippen molar-refractivity contribution in [2.45, 2.75) is 31.7 Å². The molecular formula is C16H21BrN2O. The van der Waals surface area contributed by atoms with Gasteiger partial charge in [-0.1, -0.05) is 12.1 Å². The maximum atomic E-state index is 12.5. The number of nitrogens with zero attached hydrogens (tertiary/aromatic N) is 1. The molecule has 2 heterocycles. The fraction of sp³-hybridized carbons (Fsp3) is 0.562. The molecule has 0 spiro atoms. The molecule has 2 aliphatic heterocycles. The molecular weight excluding hydrogens is 316 g/mol. The molecule has 1 amide bonds. The molecule has 20 heavy (non-hydrogen) atoms. The van der Waals surface area contributed by atoms with E-state index in [-0.39, 0.29) is 5.91 Å². The summed E-state index contributed by atoms with van der Waals surface area (Å²) < 4.78 is 0.893. The zero-order valence-corrected chi connectivity index (χ0v) is 13.2. The van der Waals surface area contributed by atoms with Crippen molar-refractivity contribution in [1.82, 2.24) is 10.2 Å². The molecule has 2 aliphatic rings. The second-order valence-electron chi connectivity index (χ2n) is 5.81. The average Bonchev–Trinajstić information content (AvgIpc) is 3.01. The Bertz CT molecular complexity index is 477. The SMILES string of the molecule is O=C(c1ccccc1Br)N1CCC(C2CCCN2)CC1. The van der Waals surface area contributed by atoms with Crippen molar-refractivity contribution >= 4 is 21.8 Å². The fourth-order valence-electron chi connectivity index (χ4n) is 3.42. The summed E-state index contributed by atoms with van der Waals surface area (Å²) >= 11 is 3.47. The van der Waals surface area contributed by atoms with Crippen molar-refractivity contribution in [2.75, 3.05) is 19.6 Å². The van der Waals surface area contributed by atoms with Gasteiger partial charge in [-0.15, -0.1) is 0 Å². The highest BCUT2D eigenvalue weighted by molar-refractivity contribution is 9.10. The first-order chi connectivity index (χ1) is 9.75. The summed E-state index contributed by atoms with van der Waals surface area (Å²) in [6.07, 6.45) is 4.88. The first kappa shape index (κ1) is 14.1. The minimum atomic E-state index is 0.162. The van der Waals surface area contributed by atoms with Crippen LogP contribution in [0.3, 0.4) is 0 Å². The number of hydrogen-bond donors (Lipinski definition) is 1. The van der Waals surface area contributed by atoms with Crippen molar-refractivity contribution in [3.63, 3.8) is 0 Å². The third-order valence-electron chi connectivity index (χ3n) is 4.60. The minimum absolute atomic E-state index is 0.162. The van der Waals surface area contributed by atoms with Gasteiger partial charge >= 0.3 is 0 Å². The molecule has 0 radical (unpaired) electrons. The number of carbonyl (C=O) groups excluding carboxylic acids is 1. The number of rotatable bonds is 2. The summed E-state index contributed by atoms with van der Waals surface area (Å²) in [5.41, 5.74) is 0.782. The molecule has 3 nitrogen and oxygen atoms in total. The highest BCUT2D eigenvalue weighted by atomic mass is 79.9. The molecule has 4 heteroatoms. The van der Waals surface area contributed by atoms with E-state index in [0.717, 1.165) is 41.9 Å². The summed E-state index contributed by atoms with van der Waals surface area (Å²) in [4.78, 5) is 14.5. The van der Waals surface area contributed by atoms with Gasteiger partial charge in [-0.25, -0.2) is 0 Å². The first-order valence-electron chi connectivity index (χ1n) is 7.53. The van der Waals surface area contributed by atoms with E-state index in [1.807, 2.05) is 29.2 Å². The summed E-state index contributed by atoms with van der Waals surface area (Å²) in [6.45, 7) is 2.95. The number of nitrogens with one attached hydrogen (secondary N) is 1. The Morgan fingerprint density at radius 2 is 1.95 bits per heavy atom. The topological polar surface area (TPSA) is 32.3 Å². The fourth-order valence-corrected chi connectivity index (χ4v) is 3.88. The molecule has 0 bridgehead atoms. The van der Waals surface area contributed by atoms with Gasteiger partial charge in [0.2, 0.25) is 0 Å². The molecule has 3 rings (SSSR count). The van der Waals surface area contributed by atoms with Gasteiger partial charge in [-0.3, -0.25) is 4.79 Å². The lowest BCUT2D eigenvalue weighted by molar-refractivity contribution is 0.0673. The van der Waals surface area contributed by atoms with Crippen molar-refractivity contribution in [2.24, 2.45) is 5.92 Å². The molecule has 1 unspecified atom stereocenters. The second kappa shape index (κ2) is 6.27. The summed E-state index contributed by atoms with van der Waals surface area (Å²) in [6, 6.07) is 8.39. The Balaban J connectivity index is 1.60. The van der Waals surface area contributed by atoms with Crippen LogP contribution in [0.4, 0.5) is 0 Å². The Hall–Kier alpha value is -0.870. The van der Waals surface area contributed by atoms with Crippen molar-refractivity contribution in [3.8, 4) is 0 Å². The highest BCUT2D eigenvalue weighted by Gasteiger charge is 2.30. The van der Waals surface area contributed by atoms with Gasteiger partial charge in [0.25, 0.3) is 5.91 Å². The van der Waals surface area contributed by atoms with E-state index in [2.05, 4.69) is 21.2 Å². The Morgan fingerprint density at radius 1 is 1.20 bits per heavy atom. The number of halogens is 1. The van der Waals surface area contributed by atoms with E-state index in [0.29, 0.717) is 6.04 Å². The van der Waals surface area contributed by atoms with Crippen LogP contribution in [0.5, 0.6) is 0 Å². The Labute approximate surface area is 128 Å². The molecule has 1 aromatic carbocycles. The van der Waals surface area contributed by atoms with E-state index in [1.54, 1.807) is 0 Å². The summed E-state index contributed by atoms with van der Waals surface area (Å²) in [5, 5.41) is 3.60. The predicted octanol–water partition coefficient (Wildman–Crippen LogP) is 3.05. The Kier molecular flexibility index (Phi) is 4.41. The third kappa shape index (κ3) is 2.91. The molecule has 1 aromatic rings. The van der Waals surface area contributed by atoms with Crippen LogP contribution in [0.2, 0.25) is 0 Å². The zero-order chi connectivity index (χ0) is 13.9. The van der Waals surface area contributed by atoms with E-state index in [9.17, 15) is 4.79 Å². The van der Waals surface area contributed by atoms with Gasteiger partial charge in [0.1, 0.15) is 0 Å². The Morgan fingerprint density at radius 3 is 2.60 bits per heavy atom. The third-order valence-corrected chi connectivity index (χ3v) is 5.29. The van der Waals surface area contributed by atoms with E-state index in [4.69, 9.17) is 0 Å². The maximum Gasteiger partial charge on any atom is 0.254 e. The largest absolute Gasteiger partial charge is 0.339 e. The number of piperidine rings is 1. The lowest BCUT2D eigenvalue weighted by Gasteiger charge is -2.35. The van der Waals surface area contributed by atoms with E-state index < -0.39 is 0 Å². The highest BCUT2D eigenvalue weighted by Crippen LogP contribution is 2.27. The standard InChI is InChI=1S/C16H21BrN2O/c17-14-5-2-1-4-13(14)16(20)19-10-7-12(8-11-19)15-6-3-9-18-15/h1-2,4-5,12,15,18H,3,6-11H2. The van der Waals surface area contributed by atoms with Gasteiger partial charge in [-0.2, -0.15) is 0 Å². The van der Waals surface area contributed by atoms with Crippen LogP contribution in [0.25, 0.3) is 0 Å². The molecule has 0 aliphatic carbocycles. The van der Waals surface area contributed by atoms with Crippen LogP contribution in [0.15, 0.2) is 28.7 Å². The average molecular weight is 337 g/mol. The van der Waals surface area contributed by atoms with E-state index in [1.165, 1.54) is 19.4 Å². The molecule has 2 saturated heterocycles. The molecule has 0 aromatic heterocycles. The molecule has 108 valence electrons. The molecule has 1 atom stereocenters. The smallest absolute Gasteiger partial charge is 0.254 e. The van der Waals surface area contributed by atoms with Crippen LogP contribution < -0.4 is 5.32 Å². The van der Waals surface area contributed by atoms with Crippen molar-refractivity contribution in [3.05, 3.63) is 34.3 Å². The van der Waals surface area contributed by atoms with Crippen molar-refractivity contribution < 1.29 is 4.79 Å². The lowest BCUT2D eigenvalue weighted by atomic mass is 9.88. The number of amides is 1. The van der Waals surface area contributed by atoms with Crippen LogP contribution in [0.1, 0.15) is 36.0 Å². The van der Waals surface area contributed by atoms with Gasteiger partial charge in [-0.05, 0) is 66.2 Å². The summed E-state index contributed by atoms with van der Waals surface area (Å²) in [5.74, 6) is 0.913. The number of benzene rings is 1. The van der Waals surface area contributed by atoms with E-state index >= 15 is 0 Å². The summed E-state index contributed by atoms with van der Waals surface area (Å²) in [7, 11) is 0. The van der Waals surface area contributed by atoms with Crippen LogP contribution in [0, 0.1) is 5.92 Å². The molecule has 0 saturated carbocycles. The number of likely N-dealkylation sites (tertiary alicyclic amines) is 1. The minimum Gasteiger partial charge on any atom is -0.339 e. The van der Waals surface area contributed by atoms with Crippen LogP contribution >= 0.6 is 15.9 Å². The van der Waals surface area contributed by atoms with Gasteiger partial charge in [0, 0.05) is 23.6 Å². The number of hydrogen-bond acceptors (Lipinski definition) is 2. The van der Waals surface area contributed by atoms with Crippen molar-refractivity contribution in [1.29, 1.82) is 0 Å². The lowest BCUT2D eigenvalue weighted by Crippen LogP contribution is -2.43. The first-order valence-corrected chi connectivity index (χ1v) is 8.32. The van der Waals surface area contributed by atoms with Gasteiger partial charge in [0.05, 0.1) is 5.56 Å². The van der Waals surface area contributed by atoms with Gasteiger partial charge < -0.3 is 10.2 Å². The predicted molar refractivity (Wildman–Crippen MR) is 83.8 cm³/mol. The molecule has 2 fully saturated rings. The van der Waals surface area contributed by atoms with Crippen LogP contribution in [-0.4, -0.2) is 36.5 Å². The quantitative estimate of drug-likeness (QED) is 0.900. The maximum absolute atomic E-state index is 12.5. The number of carbonyl (C=O) groups is 1. The van der Waals surface area contributed by atoms with Gasteiger partial charge in [0.15, 0.2) is 0 Å². The second-order valence-corrected chi connectivity index (χ2v) is 6.67. The zero-order valence-electron chi connectivity index (χ0n) is 11.6. The normalized spacial score (nSPS) is 24.1. The van der Waals surface area contributed by atoms with Crippen LogP contribution in [-0.2, 0) is 0 Å². The monoisotopic (exact) mass is 336 g/mol.